The lowest BCUT2D eigenvalue weighted by molar-refractivity contribution is -0.153. The van der Waals surface area contributed by atoms with Crippen LogP contribution in [0.2, 0.25) is 0 Å². The molecule has 3 rings (SSSR count). The van der Waals surface area contributed by atoms with Crippen molar-refractivity contribution >= 4 is 11.6 Å². The van der Waals surface area contributed by atoms with Gasteiger partial charge in [-0.3, -0.25) is 4.79 Å². The second-order valence-electron chi connectivity index (χ2n) is 6.34. The second-order valence-corrected chi connectivity index (χ2v) is 6.34. The van der Waals surface area contributed by atoms with E-state index in [9.17, 15) is 22.4 Å². The number of rotatable bonds is 7. The third-order valence-corrected chi connectivity index (χ3v) is 3.96. The van der Waals surface area contributed by atoms with E-state index in [-0.39, 0.29) is 17.7 Å². The maximum atomic E-state index is 13.2. The summed E-state index contributed by atoms with van der Waals surface area (Å²) >= 11 is 0. The van der Waals surface area contributed by atoms with E-state index in [4.69, 9.17) is 0 Å². The van der Waals surface area contributed by atoms with Gasteiger partial charge in [-0.15, -0.1) is 0 Å². The van der Waals surface area contributed by atoms with E-state index in [2.05, 4.69) is 15.4 Å². The predicted octanol–water partition coefficient (Wildman–Crippen LogP) is 4.20. The first-order chi connectivity index (χ1) is 12.8. The summed E-state index contributed by atoms with van der Waals surface area (Å²) in [4.78, 5) is 12.5. The van der Waals surface area contributed by atoms with Gasteiger partial charge in [0.15, 0.2) is 6.61 Å². The Bertz CT molecular complexity index is 772. The van der Waals surface area contributed by atoms with E-state index < -0.39 is 24.6 Å². The van der Waals surface area contributed by atoms with Gasteiger partial charge >= 0.3 is 6.18 Å². The zero-order chi connectivity index (χ0) is 19.4. The van der Waals surface area contributed by atoms with Crippen molar-refractivity contribution < 1.29 is 27.1 Å². The van der Waals surface area contributed by atoms with Gasteiger partial charge in [-0.1, -0.05) is 12.1 Å². The molecule has 0 saturated heterocycles. The Morgan fingerprint density at radius 3 is 2.26 bits per heavy atom. The van der Waals surface area contributed by atoms with Gasteiger partial charge < -0.3 is 15.4 Å². The molecule has 1 fully saturated rings. The molecule has 0 heterocycles. The fourth-order valence-electron chi connectivity index (χ4n) is 2.45. The minimum Gasteiger partial charge on any atom is -0.484 e. The molecule has 8 heteroatoms. The molecule has 1 amide bonds. The molecule has 1 aliphatic carbocycles. The molecular formula is C19H18F4N2O2. The number of ether oxygens (including phenoxy) is 1. The molecule has 1 atom stereocenters. The number of benzene rings is 2. The van der Waals surface area contributed by atoms with Crippen LogP contribution in [0.3, 0.4) is 0 Å². The first-order valence-electron chi connectivity index (χ1n) is 8.42. The summed E-state index contributed by atoms with van der Waals surface area (Å²) in [6.07, 6.45) is -2.56. The van der Waals surface area contributed by atoms with Crippen molar-refractivity contribution in [2.24, 2.45) is 0 Å². The third-order valence-electron chi connectivity index (χ3n) is 3.96. The normalized spacial score (nSPS) is 15.1. The maximum Gasteiger partial charge on any atom is 0.422 e. The molecule has 2 aromatic carbocycles. The van der Waals surface area contributed by atoms with Crippen molar-refractivity contribution in [1.82, 2.24) is 5.32 Å². The van der Waals surface area contributed by atoms with Gasteiger partial charge in [0.1, 0.15) is 17.6 Å². The molecule has 144 valence electrons. The minimum atomic E-state index is -4.41. The van der Waals surface area contributed by atoms with E-state index in [1.807, 2.05) is 0 Å². The van der Waals surface area contributed by atoms with E-state index in [0.29, 0.717) is 11.3 Å². The van der Waals surface area contributed by atoms with Gasteiger partial charge in [0.2, 0.25) is 5.91 Å². The van der Waals surface area contributed by atoms with Crippen molar-refractivity contribution in [2.75, 3.05) is 11.9 Å². The summed E-state index contributed by atoms with van der Waals surface area (Å²) in [5, 5.41) is 5.93. The molecule has 0 aliphatic heterocycles. The predicted molar refractivity (Wildman–Crippen MR) is 91.9 cm³/mol. The van der Waals surface area contributed by atoms with Gasteiger partial charge in [0, 0.05) is 11.7 Å². The van der Waals surface area contributed by atoms with Gasteiger partial charge in [0.25, 0.3) is 0 Å². The molecule has 27 heavy (non-hydrogen) atoms. The number of carbonyl (C=O) groups excluding carboxylic acids is 1. The van der Waals surface area contributed by atoms with Crippen LogP contribution >= 0.6 is 0 Å². The van der Waals surface area contributed by atoms with Crippen LogP contribution in [0.4, 0.5) is 23.2 Å². The second kappa shape index (κ2) is 7.85. The summed E-state index contributed by atoms with van der Waals surface area (Å²) in [5.74, 6) is -0.591. The van der Waals surface area contributed by atoms with Crippen molar-refractivity contribution in [3.05, 3.63) is 59.9 Å². The molecule has 2 N–H and O–H groups in total. The lowest BCUT2D eigenvalue weighted by atomic mass is 10.1. The van der Waals surface area contributed by atoms with E-state index in [1.165, 1.54) is 48.5 Å². The largest absolute Gasteiger partial charge is 0.484 e. The summed E-state index contributed by atoms with van der Waals surface area (Å²) in [6, 6.07) is 10.8. The number of hydrogen-bond acceptors (Lipinski definition) is 3. The molecule has 0 aromatic heterocycles. The smallest absolute Gasteiger partial charge is 0.422 e. The molecule has 0 bridgehead atoms. The van der Waals surface area contributed by atoms with Gasteiger partial charge in [-0.2, -0.15) is 13.2 Å². The van der Waals surface area contributed by atoms with Crippen molar-refractivity contribution in [3.63, 3.8) is 0 Å². The summed E-state index contributed by atoms with van der Waals surface area (Å²) in [7, 11) is 0. The van der Waals surface area contributed by atoms with Crippen LogP contribution in [0.15, 0.2) is 48.5 Å². The van der Waals surface area contributed by atoms with Gasteiger partial charge in [-0.05, 0) is 54.8 Å². The number of nitrogens with one attached hydrogen (secondary N) is 2. The van der Waals surface area contributed by atoms with Crippen LogP contribution in [0, 0.1) is 5.82 Å². The highest BCUT2D eigenvalue weighted by molar-refractivity contribution is 5.86. The molecular weight excluding hydrogens is 364 g/mol. The maximum absolute atomic E-state index is 13.2. The minimum absolute atomic E-state index is 0.0682. The SMILES string of the molecule is O=C(NC1CC1)[C@H](Nc1ccc(OCC(F)(F)F)cc1)c1ccc(F)cc1. The Morgan fingerprint density at radius 1 is 1.07 bits per heavy atom. The number of anilines is 1. The van der Waals surface area contributed by atoms with Crippen molar-refractivity contribution in [3.8, 4) is 5.75 Å². The first-order valence-corrected chi connectivity index (χ1v) is 8.42. The third kappa shape index (κ3) is 5.87. The number of halogens is 4. The highest BCUT2D eigenvalue weighted by atomic mass is 19.4. The average molecular weight is 382 g/mol. The van der Waals surface area contributed by atoms with Crippen LogP contribution in [0.1, 0.15) is 24.4 Å². The number of carbonyl (C=O) groups is 1. The Labute approximate surface area is 153 Å². The topological polar surface area (TPSA) is 50.4 Å². The fraction of sp³-hybridized carbons (Fsp3) is 0.316. The zero-order valence-electron chi connectivity index (χ0n) is 14.2. The first kappa shape index (κ1) is 19.0. The monoisotopic (exact) mass is 382 g/mol. The molecule has 0 spiro atoms. The van der Waals surface area contributed by atoms with Crippen molar-refractivity contribution in [1.29, 1.82) is 0 Å². The van der Waals surface area contributed by atoms with E-state index >= 15 is 0 Å². The van der Waals surface area contributed by atoms with Crippen molar-refractivity contribution in [2.45, 2.75) is 31.1 Å². The average Bonchev–Trinajstić information content (AvgIpc) is 3.43. The number of amides is 1. The van der Waals surface area contributed by atoms with Crippen LogP contribution in [0.25, 0.3) is 0 Å². The zero-order valence-corrected chi connectivity index (χ0v) is 14.2. The fourth-order valence-corrected chi connectivity index (χ4v) is 2.45. The summed E-state index contributed by atoms with van der Waals surface area (Å²) < 4.78 is 54.4. The highest BCUT2D eigenvalue weighted by Gasteiger charge is 2.29. The summed E-state index contributed by atoms with van der Waals surface area (Å²) in [5.41, 5.74) is 1.10. The van der Waals surface area contributed by atoms with E-state index in [1.54, 1.807) is 0 Å². The van der Waals surface area contributed by atoms with Crippen LogP contribution in [-0.4, -0.2) is 24.7 Å². The lowest BCUT2D eigenvalue weighted by Gasteiger charge is -2.20. The lowest BCUT2D eigenvalue weighted by Crippen LogP contribution is -2.34. The molecule has 0 radical (unpaired) electrons. The van der Waals surface area contributed by atoms with Gasteiger partial charge in [-0.25, -0.2) is 4.39 Å². The van der Waals surface area contributed by atoms with Crippen LogP contribution in [0.5, 0.6) is 5.75 Å². The quantitative estimate of drug-likeness (QED) is 0.706. The Hall–Kier alpha value is -2.77. The Morgan fingerprint density at radius 2 is 1.70 bits per heavy atom. The van der Waals surface area contributed by atoms with Crippen LogP contribution < -0.4 is 15.4 Å². The summed E-state index contributed by atoms with van der Waals surface area (Å²) in [6.45, 7) is -1.37. The Balaban J connectivity index is 1.71. The molecule has 0 unspecified atom stereocenters. The van der Waals surface area contributed by atoms with E-state index in [0.717, 1.165) is 12.8 Å². The number of alkyl halides is 3. The molecule has 1 saturated carbocycles. The highest BCUT2D eigenvalue weighted by Crippen LogP contribution is 2.26. The molecule has 1 aliphatic rings. The molecule has 4 nitrogen and oxygen atoms in total. The number of hydrogen-bond donors (Lipinski definition) is 2. The standard InChI is InChI=1S/C19H18F4N2O2/c20-13-3-1-12(2-4-13)17(18(26)25-15-5-6-15)24-14-7-9-16(10-8-14)27-11-19(21,22)23/h1-4,7-10,15,17,24H,5-6,11H2,(H,25,26)/t17-/m1/s1. The van der Waals surface area contributed by atoms with Crippen LogP contribution in [-0.2, 0) is 4.79 Å². The molecule has 2 aromatic rings. The Kier molecular flexibility index (Phi) is 5.53. The van der Waals surface area contributed by atoms with Gasteiger partial charge in [0.05, 0.1) is 0 Å².